The quantitative estimate of drug-likeness (QED) is 0.527. The molecule has 5 nitrogen and oxygen atoms in total. The van der Waals surface area contributed by atoms with Crippen molar-refractivity contribution >= 4 is 0 Å². The van der Waals surface area contributed by atoms with Gasteiger partial charge < -0.3 is 24.8 Å². The molecule has 0 unspecified atom stereocenters. The molecular formula is C9H18O5. The lowest BCUT2D eigenvalue weighted by Gasteiger charge is -2.34. The minimum atomic E-state index is -1.18. The largest absolute Gasteiger partial charge is 0.388 e. The van der Waals surface area contributed by atoms with Gasteiger partial charge in [0.1, 0.15) is 18.3 Å². The maximum absolute atomic E-state index is 9.45. The van der Waals surface area contributed by atoms with E-state index in [1.807, 2.05) is 6.92 Å². The van der Waals surface area contributed by atoms with Crippen LogP contribution in [-0.2, 0) is 9.47 Å². The first-order valence-corrected chi connectivity index (χ1v) is 4.94. The minimum Gasteiger partial charge on any atom is -0.388 e. The molecule has 0 saturated carbocycles. The summed E-state index contributed by atoms with van der Waals surface area (Å²) in [6.45, 7) is 2.51. The first-order valence-electron chi connectivity index (χ1n) is 4.94. The van der Waals surface area contributed by atoms with E-state index in [2.05, 4.69) is 0 Å². The van der Waals surface area contributed by atoms with Crippen LogP contribution in [0.25, 0.3) is 0 Å². The predicted molar refractivity (Wildman–Crippen MR) is 48.6 cm³/mol. The summed E-state index contributed by atoms with van der Waals surface area (Å²) in [5.41, 5.74) is 0. The summed E-state index contributed by atoms with van der Waals surface area (Å²) < 4.78 is 10.2. The van der Waals surface area contributed by atoms with Gasteiger partial charge in [-0.3, -0.25) is 0 Å². The third-order valence-electron chi connectivity index (χ3n) is 2.23. The van der Waals surface area contributed by atoms with Crippen LogP contribution in [0, 0.1) is 0 Å². The number of hydrogen-bond donors (Lipinski definition) is 3. The van der Waals surface area contributed by atoms with Crippen LogP contribution < -0.4 is 0 Å². The Hall–Kier alpha value is -0.200. The van der Waals surface area contributed by atoms with Gasteiger partial charge in [0.15, 0.2) is 6.29 Å². The number of aliphatic hydroxyl groups is 3. The Balaban J connectivity index is 2.31. The van der Waals surface area contributed by atoms with Gasteiger partial charge in [0.2, 0.25) is 0 Å². The lowest BCUT2D eigenvalue weighted by atomic mass is 10.1. The lowest BCUT2D eigenvalue weighted by molar-refractivity contribution is -0.269. The van der Waals surface area contributed by atoms with E-state index in [4.69, 9.17) is 14.6 Å². The van der Waals surface area contributed by atoms with Gasteiger partial charge >= 0.3 is 0 Å². The molecule has 0 aromatic rings. The van der Waals surface area contributed by atoms with Crippen molar-refractivity contribution in [3.8, 4) is 0 Å². The molecule has 4 atom stereocenters. The van der Waals surface area contributed by atoms with Crippen molar-refractivity contribution in [2.45, 2.75) is 44.4 Å². The molecule has 0 aromatic carbocycles. The monoisotopic (exact) mass is 206 g/mol. The number of unbranched alkanes of at least 4 members (excludes halogenated alkanes) is 1. The normalized spacial score (nSPS) is 38.6. The highest BCUT2D eigenvalue weighted by atomic mass is 16.7. The molecule has 0 amide bonds. The highest BCUT2D eigenvalue weighted by Crippen LogP contribution is 2.16. The molecule has 0 aromatic heterocycles. The molecule has 1 aliphatic heterocycles. The van der Waals surface area contributed by atoms with Gasteiger partial charge in [0.05, 0.1) is 6.61 Å². The predicted octanol–water partition coefficient (Wildman–Crippen LogP) is -0.758. The number of ether oxygens (including phenoxy) is 2. The zero-order valence-electron chi connectivity index (χ0n) is 8.30. The first kappa shape index (κ1) is 11.9. The Morgan fingerprint density at radius 1 is 1.29 bits per heavy atom. The highest BCUT2D eigenvalue weighted by molar-refractivity contribution is 4.82. The minimum absolute atomic E-state index is 0.00494. The van der Waals surface area contributed by atoms with Crippen molar-refractivity contribution < 1.29 is 24.8 Å². The van der Waals surface area contributed by atoms with E-state index in [0.717, 1.165) is 12.8 Å². The van der Waals surface area contributed by atoms with Crippen molar-refractivity contribution in [3.63, 3.8) is 0 Å². The second-order valence-electron chi connectivity index (χ2n) is 3.47. The molecular weight excluding hydrogens is 188 g/mol. The standard InChI is InChI=1S/C9H18O5/c1-2-3-4-13-9-8(12)7(11)6(10)5-14-9/h6-12H,2-5H2,1H3/t6-,7+,8-,9-/m1/s1. The molecule has 1 aliphatic rings. The van der Waals surface area contributed by atoms with Gasteiger partial charge in [-0.25, -0.2) is 0 Å². The molecule has 0 bridgehead atoms. The van der Waals surface area contributed by atoms with Gasteiger partial charge in [0, 0.05) is 6.61 Å². The van der Waals surface area contributed by atoms with E-state index in [0.29, 0.717) is 6.61 Å². The zero-order chi connectivity index (χ0) is 10.6. The fourth-order valence-electron chi connectivity index (χ4n) is 1.27. The third-order valence-corrected chi connectivity index (χ3v) is 2.23. The van der Waals surface area contributed by atoms with Crippen molar-refractivity contribution in [3.05, 3.63) is 0 Å². The topological polar surface area (TPSA) is 79.2 Å². The molecule has 3 N–H and O–H groups in total. The van der Waals surface area contributed by atoms with Crippen LogP contribution in [0.1, 0.15) is 19.8 Å². The molecule has 1 rings (SSSR count). The Morgan fingerprint density at radius 2 is 2.00 bits per heavy atom. The summed E-state index contributed by atoms with van der Waals surface area (Å²) >= 11 is 0. The van der Waals surface area contributed by atoms with Crippen LogP contribution in [0.3, 0.4) is 0 Å². The third kappa shape index (κ3) is 2.90. The van der Waals surface area contributed by atoms with Crippen LogP contribution in [0.15, 0.2) is 0 Å². The van der Waals surface area contributed by atoms with Gasteiger partial charge in [-0.15, -0.1) is 0 Å². The SMILES string of the molecule is CCCCO[C@@H]1OC[C@@H](O)[C@H](O)[C@H]1O. The second-order valence-corrected chi connectivity index (χ2v) is 3.47. The van der Waals surface area contributed by atoms with Crippen LogP contribution in [0.5, 0.6) is 0 Å². The Kier molecular flexibility index (Phi) is 4.77. The van der Waals surface area contributed by atoms with Crippen molar-refractivity contribution in [2.24, 2.45) is 0 Å². The fraction of sp³-hybridized carbons (Fsp3) is 1.00. The molecule has 1 heterocycles. The molecule has 84 valence electrons. The van der Waals surface area contributed by atoms with Gasteiger partial charge in [-0.1, -0.05) is 13.3 Å². The van der Waals surface area contributed by atoms with E-state index in [-0.39, 0.29) is 6.61 Å². The van der Waals surface area contributed by atoms with Crippen LogP contribution >= 0.6 is 0 Å². The van der Waals surface area contributed by atoms with Crippen LogP contribution in [-0.4, -0.2) is 53.1 Å². The van der Waals surface area contributed by atoms with Gasteiger partial charge in [-0.05, 0) is 6.42 Å². The smallest absolute Gasteiger partial charge is 0.186 e. The summed E-state index contributed by atoms with van der Waals surface area (Å²) in [5.74, 6) is 0. The summed E-state index contributed by atoms with van der Waals surface area (Å²) in [5, 5.41) is 27.9. The van der Waals surface area contributed by atoms with Crippen molar-refractivity contribution in [1.29, 1.82) is 0 Å². The maximum Gasteiger partial charge on any atom is 0.186 e. The van der Waals surface area contributed by atoms with Crippen molar-refractivity contribution in [2.75, 3.05) is 13.2 Å². The first-order chi connectivity index (χ1) is 6.66. The maximum atomic E-state index is 9.45. The summed E-state index contributed by atoms with van der Waals surface area (Å²) in [6.07, 6.45) is -2.33. The Bertz CT molecular complexity index is 163. The number of rotatable bonds is 4. The second kappa shape index (κ2) is 5.63. The van der Waals surface area contributed by atoms with Crippen LogP contribution in [0.2, 0.25) is 0 Å². The van der Waals surface area contributed by atoms with Gasteiger partial charge in [-0.2, -0.15) is 0 Å². The van der Waals surface area contributed by atoms with Gasteiger partial charge in [0.25, 0.3) is 0 Å². The zero-order valence-corrected chi connectivity index (χ0v) is 8.30. The number of aliphatic hydroxyl groups excluding tert-OH is 3. The Morgan fingerprint density at radius 3 is 2.64 bits per heavy atom. The summed E-state index contributed by atoms with van der Waals surface area (Å²) in [7, 11) is 0. The van der Waals surface area contributed by atoms with E-state index in [1.54, 1.807) is 0 Å². The van der Waals surface area contributed by atoms with E-state index >= 15 is 0 Å². The molecule has 14 heavy (non-hydrogen) atoms. The summed E-state index contributed by atoms with van der Waals surface area (Å²) in [4.78, 5) is 0. The number of hydrogen-bond acceptors (Lipinski definition) is 5. The molecule has 0 radical (unpaired) electrons. The summed E-state index contributed by atoms with van der Waals surface area (Å²) in [6, 6.07) is 0. The lowest BCUT2D eigenvalue weighted by Crippen LogP contribution is -2.53. The van der Waals surface area contributed by atoms with E-state index in [9.17, 15) is 10.2 Å². The molecule has 0 spiro atoms. The average molecular weight is 206 g/mol. The molecule has 5 heteroatoms. The van der Waals surface area contributed by atoms with E-state index in [1.165, 1.54) is 0 Å². The van der Waals surface area contributed by atoms with Crippen LogP contribution in [0.4, 0.5) is 0 Å². The Labute approximate surface area is 83.3 Å². The highest BCUT2D eigenvalue weighted by Gasteiger charge is 2.37. The molecule has 1 saturated heterocycles. The fourth-order valence-corrected chi connectivity index (χ4v) is 1.27. The average Bonchev–Trinajstić information content (AvgIpc) is 2.18. The van der Waals surface area contributed by atoms with E-state index < -0.39 is 24.6 Å². The molecule has 0 aliphatic carbocycles. The molecule has 1 fully saturated rings. The van der Waals surface area contributed by atoms with Crippen molar-refractivity contribution in [1.82, 2.24) is 0 Å².